The smallest absolute Gasteiger partial charge is 0.269 e. The van der Waals surface area contributed by atoms with E-state index >= 15 is 0 Å². The fraction of sp³-hybridized carbons (Fsp3) is 0.571. The van der Waals surface area contributed by atoms with Crippen molar-refractivity contribution in [3.63, 3.8) is 0 Å². The Morgan fingerprint density at radius 3 is 2.70 bits per heavy atom. The molecule has 1 N–H and O–H groups in total. The maximum Gasteiger partial charge on any atom is 0.269 e. The number of nitrogens with zero attached hydrogens (tertiary/aromatic N) is 1. The number of likely N-dealkylation sites (N-methyl/N-ethyl adjacent to an activating group) is 1. The van der Waals surface area contributed by atoms with Gasteiger partial charge in [-0.1, -0.05) is 6.92 Å². The third-order valence-electron chi connectivity index (χ3n) is 3.10. The molecule has 20 heavy (non-hydrogen) atoms. The maximum absolute atomic E-state index is 10.8. The predicted octanol–water partition coefficient (Wildman–Crippen LogP) is 2.16. The second kappa shape index (κ2) is 8.50. The number of rotatable bonds is 9. The molecule has 1 rings (SSSR count). The van der Waals surface area contributed by atoms with Gasteiger partial charge >= 0.3 is 0 Å². The number of non-ortho nitro benzene ring substituents is 1. The molecule has 1 aromatic rings. The molecule has 0 bridgehead atoms. The molecule has 0 radical (unpaired) electrons. The number of ether oxygens (including phenoxy) is 2. The van der Waals surface area contributed by atoms with E-state index in [0.29, 0.717) is 18.8 Å². The number of nitrogens with one attached hydrogen (secondary N) is 1. The zero-order valence-corrected chi connectivity index (χ0v) is 12.2. The molecule has 6 nitrogen and oxygen atoms in total. The van der Waals surface area contributed by atoms with Crippen molar-refractivity contribution in [3.05, 3.63) is 33.9 Å². The molecular weight excluding hydrogens is 260 g/mol. The van der Waals surface area contributed by atoms with Gasteiger partial charge in [-0.05, 0) is 25.5 Å². The first-order valence-corrected chi connectivity index (χ1v) is 6.66. The normalized spacial score (nSPS) is 12.2. The molecular formula is C14H22N2O4. The molecule has 0 fully saturated rings. The third-order valence-corrected chi connectivity index (χ3v) is 3.10. The molecule has 1 unspecified atom stereocenters. The zero-order valence-electron chi connectivity index (χ0n) is 12.2. The average molecular weight is 282 g/mol. The molecule has 0 saturated heterocycles. The van der Waals surface area contributed by atoms with Crippen LogP contribution < -0.4 is 10.1 Å². The Bertz CT molecular complexity index is 431. The molecule has 6 heteroatoms. The second-order valence-corrected chi connectivity index (χ2v) is 4.50. The van der Waals surface area contributed by atoms with E-state index in [2.05, 4.69) is 5.32 Å². The number of methoxy groups -OCH3 is 2. The third kappa shape index (κ3) is 4.79. The van der Waals surface area contributed by atoms with Crippen LogP contribution in [-0.4, -0.2) is 38.3 Å². The van der Waals surface area contributed by atoms with E-state index in [1.54, 1.807) is 26.4 Å². The summed E-state index contributed by atoms with van der Waals surface area (Å²) in [5.74, 6) is 0.684. The van der Waals surface area contributed by atoms with E-state index in [-0.39, 0.29) is 16.7 Å². The van der Waals surface area contributed by atoms with Gasteiger partial charge in [0.1, 0.15) is 5.75 Å². The summed E-state index contributed by atoms with van der Waals surface area (Å²) >= 11 is 0. The molecule has 0 amide bonds. The molecule has 0 aliphatic heterocycles. The van der Waals surface area contributed by atoms with Crippen molar-refractivity contribution in [1.29, 1.82) is 0 Å². The van der Waals surface area contributed by atoms with Crippen LogP contribution in [0.3, 0.4) is 0 Å². The molecule has 1 aromatic carbocycles. The van der Waals surface area contributed by atoms with Crippen LogP contribution in [0.25, 0.3) is 0 Å². The number of nitro groups is 1. The van der Waals surface area contributed by atoms with Crippen LogP contribution >= 0.6 is 0 Å². The number of aryl methyl sites for hydroxylation is 1. The van der Waals surface area contributed by atoms with Crippen LogP contribution in [0.4, 0.5) is 5.69 Å². The molecule has 0 aromatic heterocycles. The SMILES string of the molecule is CCNC(CCc1cc([N+](=O)[O-])ccc1OC)COC. The average Bonchev–Trinajstić information content (AvgIpc) is 2.44. The van der Waals surface area contributed by atoms with Crippen molar-refractivity contribution in [2.75, 3.05) is 27.4 Å². The molecule has 112 valence electrons. The van der Waals surface area contributed by atoms with Crippen LogP contribution in [-0.2, 0) is 11.2 Å². The standard InChI is InChI=1S/C14H22N2O4/c1-4-15-12(10-19-2)6-5-11-9-13(16(17)18)7-8-14(11)20-3/h7-9,12,15H,4-6,10H2,1-3H3. The highest BCUT2D eigenvalue weighted by molar-refractivity contribution is 5.43. The molecule has 0 aliphatic carbocycles. The van der Waals surface area contributed by atoms with Crippen molar-refractivity contribution >= 4 is 5.69 Å². The van der Waals surface area contributed by atoms with E-state index in [9.17, 15) is 10.1 Å². The number of hydrogen-bond acceptors (Lipinski definition) is 5. The highest BCUT2D eigenvalue weighted by atomic mass is 16.6. The highest BCUT2D eigenvalue weighted by Crippen LogP contribution is 2.25. The van der Waals surface area contributed by atoms with Gasteiger partial charge in [-0.2, -0.15) is 0 Å². The fourth-order valence-electron chi connectivity index (χ4n) is 2.14. The number of benzene rings is 1. The quantitative estimate of drug-likeness (QED) is 0.555. The van der Waals surface area contributed by atoms with E-state index in [0.717, 1.165) is 18.5 Å². The van der Waals surface area contributed by atoms with Crippen molar-refractivity contribution in [2.24, 2.45) is 0 Å². The van der Waals surface area contributed by atoms with Crippen LogP contribution in [0, 0.1) is 10.1 Å². The Labute approximate surface area is 119 Å². The van der Waals surface area contributed by atoms with Gasteiger partial charge in [0.2, 0.25) is 0 Å². The lowest BCUT2D eigenvalue weighted by Crippen LogP contribution is -2.33. The maximum atomic E-state index is 10.8. The Morgan fingerprint density at radius 1 is 1.40 bits per heavy atom. The lowest BCUT2D eigenvalue weighted by Gasteiger charge is -2.17. The van der Waals surface area contributed by atoms with Crippen molar-refractivity contribution in [2.45, 2.75) is 25.8 Å². The van der Waals surface area contributed by atoms with Gasteiger partial charge in [0.05, 0.1) is 18.6 Å². The summed E-state index contributed by atoms with van der Waals surface area (Å²) in [6.45, 7) is 3.52. The summed E-state index contributed by atoms with van der Waals surface area (Å²) in [4.78, 5) is 10.4. The van der Waals surface area contributed by atoms with Crippen LogP contribution in [0.15, 0.2) is 18.2 Å². The monoisotopic (exact) mass is 282 g/mol. The Kier molecular flexibility index (Phi) is 6.97. The van der Waals surface area contributed by atoms with Gasteiger partial charge in [-0.25, -0.2) is 0 Å². The molecule has 0 saturated carbocycles. The molecule has 0 heterocycles. The van der Waals surface area contributed by atoms with E-state index < -0.39 is 0 Å². The minimum Gasteiger partial charge on any atom is -0.496 e. The van der Waals surface area contributed by atoms with Crippen molar-refractivity contribution in [3.8, 4) is 5.75 Å². The minimum atomic E-state index is -0.389. The van der Waals surface area contributed by atoms with E-state index in [4.69, 9.17) is 9.47 Å². The second-order valence-electron chi connectivity index (χ2n) is 4.50. The van der Waals surface area contributed by atoms with Crippen LogP contribution in [0.2, 0.25) is 0 Å². The zero-order chi connectivity index (χ0) is 15.0. The molecule has 0 aliphatic rings. The number of hydrogen-bond donors (Lipinski definition) is 1. The van der Waals surface area contributed by atoms with Gasteiger partial charge in [-0.15, -0.1) is 0 Å². The molecule has 1 atom stereocenters. The lowest BCUT2D eigenvalue weighted by atomic mass is 10.0. The van der Waals surface area contributed by atoms with Crippen molar-refractivity contribution in [1.82, 2.24) is 5.32 Å². The van der Waals surface area contributed by atoms with E-state index in [1.165, 1.54) is 6.07 Å². The summed E-state index contributed by atoms with van der Waals surface area (Å²) in [6.07, 6.45) is 1.53. The highest BCUT2D eigenvalue weighted by Gasteiger charge is 2.13. The Hall–Kier alpha value is -1.66. The van der Waals surface area contributed by atoms with Gasteiger partial charge in [0.15, 0.2) is 0 Å². The van der Waals surface area contributed by atoms with E-state index in [1.807, 2.05) is 6.92 Å². The largest absolute Gasteiger partial charge is 0.496 e. The minimum absolute atomic E-state index is 0.0903. The molecule has 0 spiro atoms. The van der Waals surface area contributed by atoms with Crippen LogP contribution in [0.5, 0.6) is 5.75 Å². The van der Waals surface area contributed by atoms with Crippen molar-refractivity contribution < 1.29 is 14.4 Å². The summed E-state index contributed by atoms with van der Waals surface area (Å²) in [7, 11) is 3.24. The fourth-order valence-corrected chi connectivity index (χ4v) is 2.14. The predicted molar refractivity (Wildman–Crippen MR) is 77.3 cm³/mol. The summed E-state index contributed by atoms with van der Waals surface area (Å²) in [5, 5.41) is 14.2. The van der Waals surface area contributed by atoms with Gasteiger partial charge in [-0.3, -0.25) is 10.1 Å². The summed E-state index contributed by atoms with van der Waals surface area (Å²) < 4.78 is 10.4. The first-order chi connectivity index (χ1) is 9.62. The number of nitro benzene ring substituents is 1. The Morgan fingerprint density at radius 2 is 2.15 bits per heavy atom. The van der Waals surface area contributed by atoms with Crippen LogP contribution in [0.1, 0.15) is 18.9 Å². The summed E-state index contributed by atoms with van der Waals surface area (Å²) in [6, 6.07) is 4.91. The first-order valence-electron chi connectivity index (χ1n) is 6.66. The van der Waals surface area contributed by atoms with Gasteiger partial charge in [0, 0.05) is 30.8 Å². The van der Waals surface area contributed by atoms with Gasteiger partial charge in [0.25, 0.3) is 5.69 Å². The topological polar surface area (TPSA) is 73.6 Å². The first kappa shape index (κ1) is 16.4. The Balaban J connectivity index is 2.78. The summed E-state index contributed by atoms with van der Waals surface area (Å²) in [5.41, 5.74) is 0.938. The lowest BCUT2D eigenvalue weighted by molar-refractivity contribution is -0.384. The van der Waals surface area contributed by atoms with Gasteiger partial charge < -0.3 is 14.8 Å².